The molecule has 1 aromatic carbocycles. The molecule has 3 atom stereocenters. The molecule has 0 N–H and O–H groups in total. The number of imide groups is 1. The molecule has 2 fully saturated rings. The van der Waals surface area contributed by atoms with Crippen molar-refractivity contribution in [2.24, 2.45) is 0 Å². The highest BCUT2D eigenvalue weighted by Crippen LogP contribution is 2.27. The van der Waals surface area contributed by atoms with Crippen LogP contribution in [0.3, 0.4) is 0 Å². The summed E-state index contributed by atoms with van der Waals surface area (Å²) in [6.07, 6.45) is 0.428. The van der Waals surface area contributed by atoms with Gasteiger partial charge in [0, 0.05) is 13.1 Å². The van der Waals surface area contributed by atoms with Gasteiger partial charge in [0.2, 0.25) is 5.91 Å². The van der Waals surface area contributed by atoms with Crippen LogP contribution < -0.4 is 4.90 Å². The fraction of sp³-hybridized carbons (Fsp3) is 0.500. The molecule has 2 heterocycles. The van der Waals surface area contributed by atoms with Crippen molar-refractivity contribution in [1.29, 1.82) is 0 Å². The first-order chi connectivity index (χ1) is 10.1. The summed E-state index contributed by atoms with van der Waals surface area (Å²) in [7, 11) is 0. The topological polar surface area (TPSA) is 49.9 Å². The SMILES string of the molecule is C[C@@H]1CN([C@@H]2CC(=O)N(c3ccccc3)C2=O)C[C@H](C)O1. The Balaban J connectivity index is 1.80. The van der Waals surface area contributed by atoms with Gasteiger partial charge in [-0.05, 0) is 26.0 Å². The number of morpholine rings is 1. The molecule has 2 aliphatic rings. The Morgan fingerprint density at radius 1 is 1.05 bits per heavy atom. The van der Waals surface area contributed by atoms with Crippen molar-refractivity contribution in [1.82, 2.24) is 4.90 Å². The van der Waals surface area contributed by atoms with Crippen molar-refractivity contribution in [3.8, 4) is 0 Å². The van der Waals surface area contributed by atoms with Gasteiger partial charge in [0.1, 0.15) is 0 Å². The molecule has 2 aliphatic heterocycles. The van der Waals surface area contributed by atoms with Gasteiger partial charge in [0.05, 0.1) is 30.4 Å². The second kappa shape index (κ2) is 5.58. The highest BCUT2D eigenvalue weighted by atomic mass is 16.5. The van der Waals surface area contributed by atoms with Crippen LogP contribution in [-0.4, -0.2) is 48.1 Å². The van der Waals surface area contributed by atoms with Gasteiger partial charge < -0.3 is 4.74 Å². The third-order valence-electron chi connectivity index (χ3n) is 4.03. The van der Waals surface area contributed by atoms with E-state index in [1.54, 1.807) is 12.1 Å². The van der Waals surface area contributed by atoms with Crippen LogP contribution in [0.4, 0.5) is 5.69 Å². The molecule has 112 valence electrons. The number of carbonyl (C=O) groups excluding carboxylic acids is 2. The lowest BCUT2D eigenvalue weighted by Crippen LogP contribution is -2.52. The van der Waals surface area contributed by atoms with Crippen LogP contribution in [0.1, 0.15) is 20.3 Å². The largest absolute Gasteiger partial charge is 0.373 e. The molecular weight excluding hydrogens is 268 g/mol. The molecule has 0 aliphatic carbocycles. The zero-order valence-electron chi connectivity index (χ0n) is 12.4. The summed E-state index contributed by atoms with van der Waals surface area (Å²) < 4.78 is 5.70. The summed E-state index contributed by atoms with van der Waals surface area (Å²) in [6.45, 7) is 5.38. The zero-order valence-corrected chi connectivity index (χ0v) is 12.4. The van der Waals surface area contributed by atoms with Crippen LogP contribution in [0.15, 0.2) is 30.3 Å². The Bertz CT molecular complexity index is 536. The quantitative estimate of drug-likeness (QED) is 0.773. The van der Waals surface area contributed by atoms with Crippen molar-refractivity contribution in [3.05, 3.63) is 30.3 Å². The van der Waals surface area contributed by atoms with E-state index in [2.05, 4.69) is 4.90 Å². The van der Waals surface area contributed by atoms with E-state index in [9.17, 15) is 9.59 Å². The Morgan fingerprint density at radius 3 is 2.29 bits per heavy atom. The number of anilines is 1. The average Bonchev–Trinajstić information content (AvgIpc) is 2.74. The minimum atomic E-state index is -0.355. The van der Waals surface area contributed by atoms with E-state index >= 15 is 0 Å². The summed E-state index contributed by atoms with van der Waals surface area (Å²) in [6, 6.07) is 8.78. The van der Waals surface area contributed by atoms with E-state index in [-0.39, 0.29) is 36.5 Å². The molecule has 3 rings (SSSR count). The van der Waals surface area contributed by atoms with Gasteiger partial charge in [-0.2, -0.15) is 0 Å². The van der Waals surface area contributed by atoms with Gasteiger partial charge in [0.15, 0.2) is 0 Å². The molecule has 21 heavy (non-hydrogen) atoms. The summed E-state index contributed by atoms with van der Waals surface area (Å²) >= 11 is 0. The molecule has 0 unspecified atom stereocenters. The normalized spacial score (nSPS) is 31.0. The first-order valence-electron chi connectivity index (χ1n) is 7.37. The lowest BCUT2D eigenvalue weighted by molar-refractivity contribution is -0.127. The number of benzene rings is 1. The van der Waals surface area contributed by atoms with Crippen LogP contribution >= 0.6 is 0 Å². The maximum absolute atomic E-state index is 12.7. The lowest BCUT2D eigenvalue weighted by Gasteiger charge is -2.37. The van der Waals surface area contributed by atoms with E-state index in [4.69, 9.17) is 4.74 Å². The highest BCUT2D eigenvalue weighted by Gasteiger charge is 2.44. The van der Waals surface area contributed by atoms with E-state index in [0.717, 1.165) is 0 Å². The van der Waals surface area contributed by atoms with Crippen LogP contribution in [0.2, 0.25) is 0 Å². The van der Waals surface area contributed by atoms with Gasteiger partial charge in [-0.25, -0.2) is 4.90 Å². The molecule has 0 aromatic heterocycles. The lowest BCUT2D eigenvalue weighted by atomic mass is 10.1. The molecule has 0 spiro atoms. The maximum Gasteiger partial charge on any atom is 0.251 e. The first kappa shape index (κ1) is 14.2. The monoisotopic (exact) mass is 288 g/mol. The highest BCUT2D eigenvalue weighted by molar-refractivity contribution is 6.22. The number of hydrogen-bond donors (Lipinski definition) is 0. The Labute approximate surface area is 124 Å². The average molecular weight is 288 g/mol. The number of hydrogen-bond acceptors (Lipinski definition) is 4. The predicted octanol–water partition coefficient (Wildman–Crippen LogP) is 1.43. The molecule has 0 bridgehead atoms. The van der Waals surface area contributed by atoms with Crippen molar-refractivity contribution in [2.75, 3.05) is 18.0 Å². The van der Waals surface area contributed by atoms with Crippen molar-refractivity contribution in [2.45, 2.75) is 38.5 Å². The summed E-state index contributed by atoms with van der Waals surface area (Å²) in [5, 5.41) is 0. The van der Waals surface area contributed by atoms with Gasteiger partial charge in [-0.15, -0.1) is 0 Å². The van der Waals surface area contributed by atoms with Gasteiger partial charge in [-0.3, -0.25) is 14.5 Å². The summed E-state index contributed by atoms with van der Waals surface area (Å²) in [5.41, 5.74) is 0.657. The zero-order chi connectivity index (χ0) is 15.0. The number of carbonyl (C=O) groups is 2. The third-order valence-corrected chi connectivity index (χ3v) is 4.03. The summed E-state index contributed by atoms with van der Waals surface area (Å²) in [5.74, 6) is -0.240. The molecular formula is C16H20N2O3. The minimum absolute atomic E-state index is 0.0856. The maximum atomic E-state index is 12.7. The number of para-hydroxylation sites is 1. The van der Waals surface area contributed by atoms with Crippen LogP contribution in [0.25, 0.3) is 0 Å². The van der Waals surface area contributed by atoms with Crippen molar-refractivity contribution < 1.29 is 14.3 Å². The molecule has 2 amide bonds. The predicted molar refractivity (Wildman–Crippen MR) is 78.9 cm³/mol. The number of rotatable bonds is 2. The first-order valence-corrected chi connectivity index (χ1v) is 7.37. The van der Waals surface area contributed by atoms with Crippen LogP contribution in [0.5, 0.6) is 0 Å². The van der Waals surface area contributed by atoms with E-state index in [1.165, 1.54) is 4.90 Å². The third kappa shape index (κ3) is 2.71. The molecule has 0 radical (unpaired) electrons. The van der Waals surface area contributed by atoms with Gasteiger partial charge in [0.25, 0.3) is 5.91 Å². The second-order valence-corrected chi connectivity index (χ2v) is 5.83. The minimum Gasteiger partial charge on any atom is -0.373 e. The van der Waals surface area contributed by atoms with Crippen LogP contribution in [0, 0.1) is 0 Å². The standard InChI is InChI=1S/C16H20N2O3/c1-11-9-17(10-12(2)21-11)14-8-15(19)18(16(14)20)13-6-4-3-5-7-13/h3-7,11-12,14H,8-10H2,1-2H3/t11-,12+,14-/m1/s1. The van der Waals surface area contributed by atoms with Crippen LogP contribution in [-0.2, 0) is 14.3 Å². The molecule has 1 aromatic rings. The van der Waals surface area contributed by atoms with E-state index in [1.807, 2.05) is 32.0 Å². The molecule has 2 saturated heterocycles. The van der Waals surface area contributed by atoms with Crippen molar-refractivity contribution >= 4 is 17.5 Å². The molecule has 5 heteroatoms. The smallest absolute Gasteiger partial charge is 0.251 e. The van der Waals surface area contributed by atoms with Gasteiger partial charge in [-0.1, -0.05) is 18.2 Å². The van der Waals surface area contributed by atoms with E-state index in [0.29, 0.717) is 18.8 Å². The molecule has 5 nitrogen and oxygen atoms in total. The Kier molecular flexibility index (Phi) is 3.78. The van der Waals surface area contributed by atoms with Gasteiger partial charge >= 0.3 is 0 Å². The fourth-order valence-electron chi connectivity index (χ4n) is 3.22. The number of ether oxygens (including phenoxy) is 1. The molecule has 0 saturated carbocycles. The second-order valence-electron chi connectivity index (χ2n) is 5.83. The number of amides is 2. The fourth-order valence-corrected chi connectivity index (χ4v) is 3.22. The Morgan fingerprint density at radius 2 is 1.67 bits per heavy atom. The van der Waals surface area contributed by atoms with E-state index < -0.39 is 0 Å². The van der Waals surface area contributed by atoms with Crippen molar-refractivity contribution in [3.63, 3.8) is 0 Å². The summed E-state index contributed by atoms with van der Waals surface area (Å²) in [4.78, 5) is 28.3. The number of nitrogens with zero attached hydrogens (tertiary/aromatic N) is 2. The Hall–Kier alpha value is -1.72.